The van der Waals surface area contributed by atoms with Crippen LogP contribution >= 0.6 is 0 Å². The number of methoxy groups -OCH3 is 1. The van der Waals surface area contributed by atoms with Crippen LogP contribution in [0.5, 0.6) is 0 Å². The van der Waals surface area contributed by atoms with Crippen molar-refractivity contribution < 1.29 is 19.4 Å². The summed E-state index contributed by atoms with van der Waals surface area (Å²) in [7, 11) is 1.14. The highest BCUT2D eigenvalue weighted by atomic mass is 16.5. The molecule has 0 aromatic carbocycles. The fourth-order valence-electron chi connectivity index (χ4n) is 0.777. The third kappa shape index (κ3) is 5.00. The molecule has 0 rings (SSSR count). The second-order valence-corrected chi connectivity index (χ2v) is 3.09. The predicted molar refractivity (Wildman–Crippen MR) is 47.2 cm³/mol. The summed E-state index contributed by atoms with van der Waals surface area (Å²) >= 11 is 0. The van der Waals surface area contributed by atoms with Crippen molar-refractivity contribution in [3.63, 3.8) is 0 Å². The molecule has 1 N–H and O–H groups in total. The van der Waals surface area contributed by atoms with Crippen molar-refractivity contribution in [1.82, 2.24) is 0 Å². The molecule has 0 atom stereocenters. The Morgan fingerprint density at radius 3 is 2.38 bits per heavy atom. The number of carbonyl (C=O) groups excluding carboxylic acids is 2. The van der Waals surface area contributed by atoms with Crippen LogP contribution in [-0.2, 0) is 14.3 Å². The van der Waals surface area contributed by atoms with Crippen LogP contribution in [0.4, 0.5) is 0 Å². The Balaban J connectivity index is 4.22. The van der Waals surface area contributed by atoms with E-state index in [1.807, 2.05) is 13.8 Å². The van der Waals surface area contributed by atoms with Crippen LogP contribution in [-0.4, -0.2) is 24.0 Å². The Morgan fingerprint density at radius 2 is 2.00 bits per heavy atom. The zero-order valence-electron chi connectivity index (χ0n) is 8.03. The van der Waals surface area contributed by atoms with Crippen molar-refractivity contribution in [3.8, 4) is 0 Å². The molecule has 0 radical (unpaired) electrons. The maximum atomic E-state index is 11.0. The summed E-state index contributed by atoms with van der Waals surface area (Å²) in [6.45, 7) is 3.75. The molecule has 13 heavy (non-hydrogen) atoms. The molecule has 0 aromatic rings. The maximum Gasteiger partial charge on any atom is 0.373 e. The molecule has 0 aliphatic rings. The number of carbonyl (C=O) groups is 2. The summed E-state index contributed by atoms with van der Waals surface area (Å²) in [5.74, 6) is -1.61. The van der Waals surface area contributed by atoms with E-state index in [-0.39, 0.29) is 11.7 Å². The van der Waals surface area contributed by atoms with E-state index in [1.54, 1.807) is 0 Å². The maximum absolute atomic E-state index is 11.0. The third-order valence-corrected chi connectivity index (χ3v) is 1.30. The first-order valence-corrected chi connectivity index (χ1v) is 3.99. The zero-order valence-corrected chi connectivity index (χ0v) is 8.03. The van der Waals surface area contributed by atoms with E-state index in [1.165, 1.54) is 0 Å². The monoisotopic (exact) mass is 186 g/mol. The molecule has 0 amide bonds. The highest BCUT2D eigenvalue weighted by Crippen LogP contribution is 2.02. The Morgan fingerprint density at radius 1 is 1.46 bits per heavy atom. The number of allylic oxidation sites excluding steroid dienone is 1. The van der Waals surface area contributed by atoms with Gasteiger partial charge in [0.05, 0.1) is 7.11 Å². The fraction of sp³-hybridized carbons (Fsp3) is 0.556. The second kappa shape index (κ2) is 5.35. The lowest BCUT2D eigenvalue weighted by Gasteiger charge is -2.00. The zero-order chi connectivity index (χ0) is 10.4. The lowest BCUT2D eigenvalue weighted by atomic mass is 10.1. The standard InChI is InChI=1S/C9H14O4/c1-6(2)4-7(10)5-8(11)9(12)13-3/h5-6,11H,4H2,1-3H3. The van der Waals surface area contributed by atoms with Gasteiger partial charge in [-0.05, 0) is 5.92 Å². The molecule has 0 bridgehead atoms. The third-order valence-electron chi connectivity index (χ3n) is 1.30. The van der Waals surface area contributed by atoms with E-state index in [0.717, 1.165) is 13.2 Å². The average molecular weight is 186 g/mol. The molecule has 0 aliphatic heterocycles. The van der Waals surface area contributed by atoms with Gasteiger partial charge in [-0.15, -0.1) is 0 Å². The fourth-order valence-corrected chi connectivity index (χ4v) is 0.777. The van der Waals surface area contributed by atoms with E-state index in [0.29, 0.717) is 6.42 Å². The summed E-state index contributed by atoms with van der Waals surface area (Å²) in [4.78, 5) is 21.7. The van der Waals surface area contributed by atoms with Gasteiger partial charge in [-0.2, -0.15) is 0 Å². The van der Waals surface area contributed by atoms with Gasteiger partial charge in [0.25, 0.3) is 0 Å². The molecule has 0 aromatic heterocycles. The molecule has 0 spiro atoms. The van der Waals surface area contributed by atoms with E-state index in [9.17, 15) is 9.59 Å². The van der Waals surface area contributed by atoms with Crippen molar-refractivity contribution in [2.45, 2.75) is 20.3 Å². The van der Waals surface area contributed by atoms with Crippen LogP contribution in [0.25, 0.3) is 0 Å². The average Bonchev–Trinajstić information content (AvgIpc) is 2.01. The molecule has 4 nitrogen and oxygen atoms in total. The van der Waals surface area contributed by atoms with Crippen LogP contribution in [0, 0.1) is 5.92 Å². The Kier molecular flexibility index (Phi) is 4.80. The van der Waals surface area contributed by atoms with Crippen molar-refractivity contribution in [2.75, 3.05) is 7.11 Å². The van der Waals surface area contributed by atoms with E-state index < -0.39 is 11.7 Å². The Labute approximate surface area is 77.2 Å². The molecular formula is C9H14O4. The number of aliphatic hydroxyl groups is 1. The van der Waals surface area contributed by atoms with Crippen molar-refractivity contribution in [3.05, 3.63) is 11.8 Å². The summed E-state index contributed by atoms with van der Waals surface area (Å²) in [5, 5.41) is 8.97. The molecule has 0 heterocycles. The van der Waals surface area contributed by atoms with Crippen molar-refractivity contribution in [1.29, 1.82) is 0 Å². The molecule has 0 unspecified atom stereocenters. The van der Waals surface area contributed by atoms with Crippen LogP contribution in [0.2, 0.25) is 0 Å². The SMILES string of the molecule is COC(=O)C(O)=CC(=O)CC(C)C. The number of ether oxygens (including phenoxy) is 1. The normalized spacial score (nSPS) is 11.5. The molecule has 0 fully saturated rings. The second-order valence-electron chi connectivity index (χ2n) is 3.09. The predicted octanol–water partition coefficient (Wildman–Crippen LogP) is 1.22. The number of ketones is 1. The van der Waals surface area contributed by atoms with Gasteiger partial charge in [-0.1, -0.05) is 13.8 Å². The van der Waals surface area contributed by atoms with E-state index in [2.05, 4.69) is 4.74 Å². The van der Waals surface area contributed by atoms with Crippen LogP contribution in [0.1, 0.15) is 20.3 Å². The first-order chi connectivity index (χ1) is 5.97. The molecule has 4 heteroatoms. The number of rotatable bonds is 4. The highest BCUT2D eigenvalue weighted by molar-refractivity contribution is 5.97. The van der Waals surface area contributed by atoms with E-state index in [4.69, 9.17) is 5.11 Å². The Bertz CT molecular complexity index is 228. The summed E-state index contributed by atoms with van der Waals surface area (Å²) in [6, 6.07) is 0. The van der Waals surface area contributed by atoms with Crippen LogP contribution in [0.15, 0.2) is 11.8 Å². The first kappa shape index (κ1) is 11.7. The lowest BCUT2D eigenvalue weighted by molar-refractivity contribution is -0.139. The van der Waals surface area contributed by atoms with Gasteiger partial charge in [0.2, 0.25) is 5.76 Å². The van der Waals surface area contributed by atoms with Gasteiger partial charge in [0.15, 0.2) is 5.78 Å². The number of esters is 1. The smallest absolute Gasteiger partial charge is 0.373 e. The van der Waals surface area contributed by atoms with E-state index >= 15 is 0 Å². The van der Waals surface area contributed by atoms with Crippen LogP contribution < -0.4 is 0 Å². The van der Waals surface area contributed by atoms with Gasteiger partial charge in [-0.25, -0.2) is 4.79 Å². The van der Waals surface area contributed by atoms with Crippen molar-refractivity contribution >= 4 is 11.8 Å². The van der Waals surface area contributed by atoms with Gasteiger partial charge in [0.1, 0.15) is 0 Å². The minimum Gasteiger partial charge on any atom is -0.502 e. The van der Waals surface area contributed by atoms with Gasteiger partial charge >= 0.3 is 5.97 Å². The minimum atomic E-state index is -0.892. The molecule has 0 aliphatic carbocycles. The van der Waals surface area contributed by atoms with Gasteiger partial charge in [0, 0.05) is 12.5 Å². The summed E-state index contributed by atoms with van der Waals surface area (Å²) < 4.78 is 4.21. The quantitative estimate of drug-likeness (QED) is 0.407. The van der Waals surface area contributed by atoms with Crippen LogP contribution in [0.3, 0.4) is 0 Å². The molecule has 0 saturated carbocycles. The number of aliphatic hydroxyl groups excluding tert-OH is 1. The Hall–Kier alpha value is -1.32. The first-order valence-electron chi connectivity index (χ1n) is 3.99. The van der Waals surface area contributed by atoms with Crippen molar-refractivity contribution in [2.24, 2.45) is 5.92 Å². The minimum absolute atomic E-state index is 0.203. The molecular weight excluding hydrogens is 172 g/mol. The molecule has 0 saturated heterocycles. The molecule has 74 valence electrons. The van der Waals surface area contributed by atoms with Gasteiger partial charge in [-0.3, -0.25) is 4.79 Å². The highest BCUT2D eigenvalue weighted by Gasteiger charge is 2.10. The number of hydrogen-bond donors (Lipinski definition) is 1. The summed E-state index contributed by atoms with van der Waals surface area (Å²) in [6.07, 6.45) is 1.20. The summed E-state index contributed by atoms with van der Waals surface area (Å²) in [5.41, 5.74) is 0. The van der Waals surface area contributed by atoms with Gasteiger partial charge < -0.3 is 9.84 Å². The lowest BCUT2D eigenvalue weighted by Crippen LogP contribution is -2.07. The number of hydrogen-bond acceptors (Lipinski definition) is 4. The topological polar surface area (TPSA) is 63.6 Å². The largest absolute Gasteiger partial charge is 0.502 e.